The summed E-state index contributed by atoms with van der Waals surface area (Å²) in [5, 5.41) is 3.48. The van der Waals surface area contributed by atoms with E-state index in [-0.39, 0.29) is 26.6 Å². The van der Waals surface area contributed by atoms with E-state index < -0.39 is 10.0 Å². The average Bonchev–Trinajstić information content (AvgIpc) is 2.72. The van der Waals surface area contributed by atoms with Crippen LogP contribution in [0.3, 0.4) is 0 Å². The smallest absolute Gasteiger partial charge is 0.264 e. The van der Waals surface area contributed by atoms with Crippen LogP contribution in [-0.4, -0.2) is 18.4 Å². The lowest BCUT2D eigenvalue weighted by atomic mass is 10.1. The van der Waals surface area contributed by atoms with Crippen LogP contribution in [0, 0.1) is 13.8 Å². The number of sulfonamides is 1. The van der Waals surface area contributed by atoms with E-state index in [9.17, 15) is 8.42 Å². The van der Waals surface area contributed by atoms with Gasteiger partial charge in [0.25, 0.3) is 10.0 Å². The Labute approximate surface area is 190 Å². The van der Waals surface area contributed by atoms with Gasteiger partial charge in [-0.1, -0.05) is 41.4 Å². The lowest BCUT2D eigenvalue weighted by Gasteiger charge is -2.15. The molecule has 0 fully saturated rings. The van der Waals surface area contributed by atoms with E-state index in [0.717, 1.165) is 16.8 Å². The summed E-state index contributed by atoms with van der Waals surface area (Å²) in [5.41, 5.74) is 4.16. The molecule has 31 heavy (non-hydrogen) atoms. The predicted octanol–water partition coefficient (Wildman–Crippen LogP) is 6.10. The fourth-order valence-corrected chi connectivity index (χ4v) is 4.75. The average molecular weight is 473 g/mol. The first-order valence-corrected chi connectivity index (χ1v) is 11.6. The molecule has 0 atom stereocenters. The molecule has 1 heterocycles. The number of rotatable bonds is 5. The summed E-state index contributed by atoms with van der Waals surface area (Å²) in [6.45, 7) is 4.01. The Balaban J connectivity index is 1.81. The van der Waals surface area contributed by atoms with E-state index in [2.05, 4.69) is 20.0 Å². The van der Waals surface area contributed by atoms with Crippen LogP contribution in [0.4, 0.5) is 17.3 Å². The number of aromatic nitrogens is 2. The van der Waals surface area contributed by atoms with Crippen LogP contribution in [0.5, 0.6) is 0 Å². The SMILES string of the molecule is Cc1ccc(Nc2nc3ccccc3nc2NS(=O)(=O)c2cc(Cl)ccc2Cl)cc1C. The van der Waals surface area contributed by atoms with Gasteiger partial charge in [0.1, 0.15) is 4.90 Å². The third-order valence-electron chi connectivity index (χ3n) is 4.75. The van der Waals surface area contributed by atoms with Crippen molar-refractivity contribution >= 4 is 61.6 Å². The van der Waals surface area contributed by atoms with Crippen molar-refractivity contribution in [3.63, 3.8) is 0 Å². The normalized spacial score (nSPS) is 11.5. The minimum absolute atomic E-state index is 0.0490. The molecule has 0 aliphatic heterocycles. The van der Waals surface area contributed by atoms with Gasteiger partial charge in [-0.3, -0.25) is 4.72 Å². The molecule has 4 rings (SSSR count). The van der Waals surface area contributed by atoms with Crippen LogP contribution in [0.2, 0.25) is 10.0 Å². The number of benzene rings is 3. The van der Waals surface area contributed by atoms with E-state index in [1.54, 1.807) is 18.2 Å². The molecule has 0 aliphatic rings. The van der Waals surface area contributed by atoms with Crippen molar-refractivity contribution < 1.29 is 8.42 Å². The van der Waals surface area contributed by atoms with Gasteiger partial charge in [-0.2, -0.15) is 0 Å². The summed E-state index contributed by atoms with van der Waals surface area (Å²) >= 11 is 12.1. The van der Waals surface area contributed by atoms with Crippen LogP contribution in [-0.2, 0) is 10.0 Å². The molecule has 0 radical (unpaired) electrons. The van der Waals surface area contributed by atoms with Crippen LogP contribution < -0.4 is 10.0 Å². The van der Waals surface area contributed by atoms with Gasteiger partial charge in [0.2, 0.25) is 0 Å². The number of fused-ring (bicyclic) bond motifs is 1. The molecule has 2 N–H and O–H groups in total. The highest BCUT2D eigenvalue weighted by atomic mass is 35.5. The van der Waals surface area contributed by atoms with E-state index in [1.165, 1.54) is 18.2 Å². The molecule has 0 saturated carbocycles. The lowest BCUT2D eigenvalue weighted by Crippen LogP contribution is -2.16. The molecule has 1 aromatic heterocycles. The number of hydrogen-bond donors (Lipinski definition) is 2. The van der Waals surface area contributed by atoms with Gasteiger partial charge in [-0.05, 0) is 67.4 Å². The predicted molar refractivity (Wildman–Crippen MR) is 126 cm³/mol. The number of aryl methyl sites for hydroxylation is 2. The van der Waals surface area contributed by atoms with Crippen molar-refractivity contribution in [3.05, 3.63) is 81.8 Å². The Morgan fingerprint density at radius 1 is 0.806 bits per heavy atom. The molecule has 0 bridgehead atoms. The number of para-hydroxylation sites is 2. The Morgan fingerprint density at radius 3 is 2.16 bits per heavy atom. The second-order valence-electron chi connectivity index (χ2n) is 7.01. The number of nitrogens with zero attached hydrogens (tertiary/aromatic N) is 2. The zero-order chi connectivity index (χ0) is 22.2. The van der Waals surface area contributed by atoms with Gasteiger partial charge in [-0.15, -0.1) is 0 Å². The minimum Gasteiger partial charge on any atom is -0.337 e. The molecular weight excluding hydrogens is 455 g/mol. The number of hydrogen-bond acceptors (Lipinski definition) is 5. The minimum atomic E-state index is -4.07. The van der Waals surface area contributed by atoms with Crippen LogP contribution in [0.15, 0.2) is 65.6 Å². The van der Waals surface area contributed by atoms with Gasteiger partial charge >= 0.3 is 0 Å². The molecule has 158 valence electrons. The number of anilines is 3. The zero-order valence-electron chi connectivity index (χ0n) is 16.6. The third kappa shape index (κ3) is 4.58. The maximum absolute atomic E-state index is 13.1. The summed E-state index contributed by atoms with van der Waals surface area (Å²) in [6, 6.07) is 17.3. The third-order valence-corrected chi connectivity index (χ3v) is 6.81. The molecule has 0 saturated heterocycles. The van der Waals surface area contributed by atoms with Gasteiger partial charge < -0.3 is 5.32 Å². The number of halogens is 2. The van der Waals surface area contributed by atoms with Crippen LogP contribution >= 0.6 is 23.2 Å². The molecule has 3 aromatic carbocycles. The van der Waals surface area contributed by atoms with Crippen molar-refractivity contribution in [2.24, 2.45) is 0 Å². The first-order chi connectivity index (χ1) is 14.7. The molecule has 0 unspecified atom stereocenters. The maximum Gasteiger partial charge on any atom is 0.264 e. The van der Waals surface area contributed by atoms with Crippen molar-refractivity contribution in [2.75, 3.05) is 10.0 Å². The monoisotopic (exact) mass is 472 g/mol. The first kappa shape index (κ1) is 21.4. The summed E-state index contributed by atoms with van der Waals surface area (Å²) in [7, 11) is -4.07. The van der Waals surface area contributed by atoms with Gasteiger partial charge in [0.05, 0.1) is 16.1 Å². The van der Waals surface area contributed by atoms with Gasteiger partial charge in [0.15, 0.2) is 11.6 Å². The fraction of sp³-hybridized carbons (Fsp3) is 0.0909. The summed E-state index contributed by atoms with van der Waals surface area (Å²) in [6.07, 6.45) is 0. The van der Waals surface area contributed by atoms with E-state index in [1.807, 2.05) is 38.1 Å². The molecule has 0 amide bonds. The Morgan fingerprint density at radius 2 is 1.48 bits per heavy atom. The second kappa shape index (κ2) is 8.34. The van der Waals surface area contributed by atoms with Crippen molar-refractivity contribution in [2.45, 2.75) is 18.7 Å². The summed E-state index contributed by atoms with van der Waals surface area (Å²) in [5.74, 6) is 0.316. The topological polar surface area (TPSA) is 84.0 Å². The second-order valence-corrected chi connectivity index (χ2v) is 9.51. The molecule has 0 spiro atoms. The first-order valence-electron chi connectivity index (χ1n) is 9.32. The van der Waals surface area contributed by atoms with E-state index in [0.29, 0.717) is 11.0 Å². The van der Waals surface area contributed by atoms with Crippen LogP contribution in [0.25, 0.3) is 11.0 Å². The van der Waals surface area contributed by atoms with Crippen LogP contribution in [0.1, 0.15) is 11.1 Å². The van der Waals surface area contributed by atoms with Crippen molar-refractivity contribution in [1.82, 2.24) is 9.97 Å². The maximum atomic E-state index is 13.1. The molecule has 4 aromatic rings. The quantitative estimate of drug-likeness (QED) is 0.366. The van der Waals surface area contributed by atoms with Crippen molar-refractivity contribution in [1.29, 1.82) is 0 Å². The fourth-order valence-electron chi connectivity index (χ4n) is 2.98. The van der Waals surface area contributed by atoms with Gasteiger partial charge in [-0.25, -0.2) is 18.4 Å². The largest absolute Gasteiger partial charge is 0.337 e. The Kier molecular flexibility index (Phi) is 5.75. The van der Waals surface area contributed by atoms with E-state index >= 15 is 0 Å². The van der Waals surface area contributed by atoms with E-state index in [4.69, 9.17) is 23.2 Å². The lowest BCUT2D eigenvalue weighted by molar-refractivity contribution is 0.601. The highest BCUT2D eigenvalue weighted by molar-refractivity contribution is 7.92. The zero-order valence-corrected chi connectivity index (χ0v) is 19.0. The van der Waals surface area contributed by atoms with Crippen molar-refractivity contribution in [3.8, 4) is 0 Å². The molecule has 0 aliphatic carbocycles. The highest BCUT2D eigenvalue weighted by Crippen LogP contribution is 2.30. The molecule has 6 nitrogen and oxygen atoms in total. The summed E-state index contributed by atoms with van der Waals surface area (Å²) in [4.78, 5) is 8.92. The molecular formula is C22H18Cl2N4O2S. The Bertz CT molecular complexity index is 1410. The van der Waals surface area contributed by atoms with Gasteiger partial charge in [0, 0.05) is 10.7 Å². The number of nitrogens with one attached hydrogen (secondary N) is 2. The molecule has 9 heteroatoms. The standard InChI is InChI=1S/C22H18Cl2N4O2S/c1-13-7-9-16(11-14(13)2)25-21-22(27-19-6-4-3-5-18(19)26-21)28-31(29,30)20-12-15(23)8-10-17(20)24/h3-12H,1-2H3,(H,25,26)(H,27,28). The Hall–Kier alpha value is -2.87. The summed E-state index contributed by atoms with van der Waals surface area (Å²) < 4.78 is 28.6. The highest BCUT2D eigenvalue weighted by Gasteiger charge is 2.22.